The summed E-state index contributed by atoms with van der Waals surface area (Å²) in [5, 5.41) is 5.43. The number of carbonyl (C=O) groups is 3. The van der Waals surface area contributed by atoms with Crippen molar-refractivity contribution < 1.29 is 19.1 Å². The summed E-state index contributed by atoms with van der Waals surface area (Å²) in [5.41, 5.74) is 3.92. The van der Waals surface area contributed by atoms with Crippen LogP contribution in [0.1, 0.15) is 40.0 Å². The molecule has 3 aliphatic rings. The van der Waals surface area contributed by atoms with Gasteiger partial charge >= 0.3 is 0 Å². The average molecular weight is 379 g/mol. The second kappa shape index (κ2) is 6.38. The van der Waals surface area contributed by atoms with Crippen molar-refractivity contribution in [1.29, 1.82) is 0 Å². The molecule has 0 bridgehead atoms. The SMILES string of the molecule is O=C1CCC(N2Cc3ccc(Nc4ncc5c(n4)COC5)cc3C2=O)C(=O)N1. The Hall–Kier alpha value is -3.33. The van der Waals surface area contributed by atoms with E-state index >= 15 is 0 Å². The summed E-state index contributed by atoms with van der Waals surface area (Å²) in [6.45, 7) is 1.35. The van der Waals surface area contributed by atoms with Crippen molar-refractivity contribution in [3.63, 3.8) is 0 Å². The molecule has 0 radical (unpaired) electrons. The third-order valence-electron chi connectivity index (χ3n) is 5.23. The Morgan fingerprint density at radius 2 is 2.07 bits per heavy atom. The first-order valence-electron chi connectivity index (χ1n) is 9.05. The van der Waals surface area contributed by atoms with Gasteiger partial charge in [-0.15, -0.1) is 0 Å². The highest BCUT2D eigenvalue weighted by molar-refractivity contribution is 6.05. The Balaban J connectivity index is 1.36. The van der Waals surface area contributed by atoms with Crippen molar-refractivity contribution in [3.05, 3.63) is 46.8 Å². The van der Waals surface area contributed by atoms with Crippen molar-refractivity contribution in [2.24, 2.45) is 0 Å². The van der Waals surface area contributed by atoms with Gasteiger partial charge in [0, 0.05) is 36.0 Å². The van der Waals surface area contributed by atoms with Crippen LogP contribution in [0.3, 0.4) is 0 Å². The Morgan fingerprint density at radius 3 is 2.93 bits per heavy atom. The number of benzene rings is 1. The summed E-state index contributed by atoms with van der Waals surface area (Å²) in [6, 6.07) is 4.84. The highest BCUT2D eigenvalue weighted by Crippen LogP contribution is 2.30. The first kappa shape index (κ1) is 16.8. The Morgan fingerprint density at radius 1 is 1.18 bits per heavy atom. The van der Waals surface area contributed by atoms with Crippen molar-refractivity contribution in [2.75, 3.05) is 5.32 Å². The molecule has 2 N–H and O–H groups in total. The highest BCUT2D eigenvalue weighted by Gasteiger charge is 2.39. The van der Waals surface area contributed by atoms with Crippen LogP contribution in [0.15, 0.2) is 24.4 Å². The number of nitrogens with zero attached hydrogens (tertiary/aromatic N) is 3. The predicted octanol–water partition coefficient (Wildman–Crippen LogP) is 1.01. The van der Waals surface area contributed by atoms with E-state index in [-0.39, 0.29) is 18.2 Å². The molecular formula is C19H17N5O4. The third kappa shape index (κ3) is 2.80. The fraction of sp³-hybridized carbons (Fsp3) is 0.316. The van der Waals surface area contributed by atoms with Gasteiger partial charge in [-0.05, 0) is 24.1 Å². The molecule has 9 nitrogen and oxygen atoms in total. The number of hydrogen-bond donors (Lipinski definition) is 2. The quantitative estimate of drug-likeness (QED) is 0.765. The standard InChI is InChI=1S/C19H17N5O4/c25-16-4-3-15(17(26)23-16)24-7-10-1-2-12(5-13(10)18(24)27)21-19-20-6-11-8-28-9-14(11)22-19/h1-2,5-6,15H,3-4,7-9H2,(H,20,21,22)(H,23,25,26). The number of amides is 3. The fourth-order valence-corrected chi connectivity index (χ4v) is 3.77. The van der Waals surface area contributed by atoms with E-state index in [1.165, 1.54) is 4.90 Å². The lowest BCUT2D eigenvalue weighted by Crippen LogP contribution is -2.52. The maximum absolute atomic E-state index is 12.9. The Bertz CT molecular complexity index is 1020. The van der Waals surface area contributed by atoms with E-state index in [9.17, 15) is 14.4 Å². The first-order chi connectivity index (χ1) is 13.6. The predicted molar refractivity (Wildman–Crippen MR) is 96.3 cm³/mol. The summed E-state index contributed by atoms with van der Waals surface area (Å²) in [6.07, 6.45) is 2.32. The summed E-state index contributed by atoms with van der Waals surface area (Å²) in [5.74, 6) is -0.478. The van der Waals surface area contributed by atoms with Gasteiger partial charge in [-0.1, -0.05) is 6.07 Å². The number of anilines is 2. The molecule has 3 amide bonds. The Kier molecular flexibility index (Phi) is 3.83. The van der Waals surface area contributed by atoms with Gasteiger partial charge < -0.3 is 15.0 Å². The number of hydrogen-bond acceptors (Lipinski definition) is 7. The van der Waals surface area contributed by atoms with Crippen LogP contribution in [-0.2, 0) is 34.1 Å². The van der Waals surface area contributed by atoms with E-state index in [0.717, 1.165) is 16.8 Å². The van der Waals surface area contributed by atoms with Crippen LogP contribution < -0.4 is 10.6 Å². The molecule has 1 unspecified atom stereocenters. The molecule has 0 spiro atoms. The smallest absolute Gasteiger partial charge is 0.255 e. The van der Waals surface area contributed by atoms with Crippen LogP contribution in [0.25, 0.3) is 0 Å². The molecule has 0 aliphatic carbocycles. The number of rotatable bonds is 3. The molecule has 1 atom stereocenters. The van der Waals surface area contributed by atoms with Crippen LogP contribution in [-0.4, -0.2) is 38.6 Å². The van der Waals surface area contributed by atoms with Crippen LogP contribution in [0.5, 0.6) is 0 Å². The summed E-state index contributed by atoms with van der Waals surface area (Å²) >= 11 is 0. The van der Waals surface area contributed by atoms with Crippen molar-refractivity contribution in [3.8, 4) is 0 Å². The van der Waals surface area contributed by atoms with Crippen LogP contribution in [0, 0.1) is 0 Å². The second-order valence-corrected chi connectivity index (χ2v) is 7.06. The van der Waals surface area contributed by atoms with Gasteiger partial charge in [0.1, 0.15) is 6.04 Å². The summed E-state index contributed by atoms with van der Waals surface area (Å²) in [7, 11) is 0. The van der Waals surface area contributed by atoms with E-state index < -0.39 is 11.9 Å². The summed E-state index contributed by atoms with van der Waals surface area (Å²) < 4.78 is 5.35. The lowest BCUT2D eigenvalue weighted by molar-refractivity contribution is -0.136. The van der Waals surface area contributed by atoms with Gasteiger partial charge in [-0.3, -0.25) is 19.7 Å². The largest absolute Gasteiger partial charge is 0.370 e. The van der Waals surface area contributed by atoms with Gasteiger partial charge in [0.15, 0.2) is 0 Å². The molecule has 0 saturated carbocycles. The lowest BCUT2D eigenvalue weighted by Gasteiger charge is -2.29. The van der Waals surface area contributed by atoms with Gasteiger partial charge in [-0.2, -0.15) is 0 Å². The molecule has 142 valence electrons. The maximum Gasteiger partial charge on any atom is 0.255 e. The average Bonchev–Trinajstić information content (AvgIpc) is 3.26. The molecule has 1 saturated heterocycles. The number of carbonyl (C=O) groups excluding carboxylic acids is 3. The molecule has 2 aromatic rings. The van der Waals surface area contributed by atoms with Crippen molar-refractivity contribution in [2.45, 2.75) is 38.6 Å². The number of piperidine rings is 1. The fourth-order valence-electron chi connectivity index (χ4n) is 3.77. The van der Waals surface area contributed by atoms with E-state index in [1.54, 1.807) is 12.3 Å². The molecule has 1 aromatic carbocycles. The van der Waals surface area contributed by atoms with E-state index in [2.05, 4.69) is 20.6 Å². The number of imide groups is 1. The molecule has 1 aromatic heterocycles. The molecule has 1 fully saturated rings. The minimum Gasteiger partial charge on any atom is -0.370 e. The van der Waals surface area contributed by atoms with E-state index in [4.69, 9.17) is 4.74 Å². The lowest BCUT2D eigenvalue weighted by atomic mass is 10.0. The minimum absolute atomic E-state index is 0.212. The molecule has 5 rings (SSSR count). The van der Waals surface area contributed by atoms with Crippen LogP contribution in [0.4, 0.5) is 11.6 Å². The summed E-state index contributed by atoms with van der Waals surface area (Å²) in [4.78, 5) is 46.6. The number of fused-ring (bicyclic) bond motifs is 2. The highest BCUT2D eigenvalue weighted by atomic mass is 16.5. The second-order valence-electron chi connectivity index (χ2n) is 7.06. The zero-order chi connectivity index (χ0) is 19.3. The number of aromatic nitrogens is 2. The normalized spacial score (nSPS) is 20.8. The maximum atomic E-state index is 12.9. The molecular weight excluding hydrogens is 362 g/mol. The van der Waals surface area contributed by atoms with Crippen LogP contribution in [0.2, 0.25) is 0 Å². The van der Waals surface area contributed by atoms with E-state index in [0.29, 0.717) is 43.4 Å². The van der Waals surface area contributed by atoms with Gasteiger partial charge in [0.2, 0.25) is 17.8 Å². The number of nitrogens with one attached hydrogen (secondary N) is 2. The van der Waals surface area contributed by atoms with Gasteiger partial charge in [0.25, 0.3) is 5.91 Å². The zero-order valence-electron chi connectivity index (χ0n) is 14.9. The Labute approximate surface area is 160 Å². The third-order valence-corrected chi connectivity index (χ3v) is 5.23. The monoisotopic (exact) mass is 379 g/mol. The van der Waals surface area contributed by atoms with Crippen LogP contribution >= 0.6 is 0 Å². The molecule has 3 aliphatic heterocycles. The number of ether oxygens (including phenoxy) is 1. The van der Waals surface area contributed by atoms with E-state index in [1.807, 2.05) is 12.1 Å². The first-order valence-corrected chi connectivity index (χ1v) is 9.05. The topological polar surface area (TPSA) is 114 Å². The van der Waals surface area contributed by atoms with Crippen molar-refractivity contribution >= 4 is 29.4 Å². The van der Waals surface area contributed by atoms with Crippen molar-refractivity contribution in [1.82, 2.24) is 20.2 Å². The van der Waals surface area contributed by atoms with Gasteiger partial charge in [0.05, 0.1) is 18.9 Å². The zero-order valence-corrected chi connectivity index (χ0v) is 14.9. The minimum atomic E-state index is -0.617. The van der Waals surface area contributed by atoms with Gasteiger partial charge in [-0.25, -0.2) is 9.97 Å². The molecule has 28 heavy (non-hydrogen) atoms. The molecule has 4 heterocycles. The molecule has 9 heteroatoms.